The summed E-state index contributed by atoms with van der Waals surface area (Å²) in [4.78, 5) is 13.8. The second-order valence-electron chi connectivity index (χ2n) is 6.84. The lowest BCUT2D eigenvalue weighted by molar-refractivity contribution is -0.138. The molecule has 1 saturated heterocycles. The molecule has 0 spiro atoms. The zero-order valence-corrected chi connectivity index (χ0v) is 15.4. The van der Waals surface area contributed by atoms with Crippen LogP contribution in [0.1, 0.15) is 29.5 Å². The van der Waals surface area contributed by atoms with E-state index in [1.54, 1.807) is 11.0 Å². The summed E-state index contributed by atoms with van der Waals surface area (Å²) >= 11 is 0. The number of hydrogen-bond donors (Lipinski definition) is 1. The van der Waals surface area contributed by atoms with Crippen LogP contribution in [0.15, 0.2) is 54.6 Å². The van der Waals surface area contributed by atoms with Gasteiger partial charge < -0.3 is 15.0 Å². The van der Waals surface area contributed by atoms with Crippen LogP contribution in [-0.4, -0.2) is 30.1 Å². The normalized spacial score (nSPS) is 15.5. The third kappa shape index (κ3) is 5.48. The van der Waals surface area contributed by atoms with Crippen molar-refractivity contribution in [3.05, 3.63) is 71.3 Å². The molecule has 1 aliphatic rings. The molecule has 1 fully saturated rings. The Kier molecular flexibility index (Phi) is 6.57. The highest BCUT2D eigenvalue weighted by Gasteiger charge is 2.33. The summed E-state index contributed by atoms with van der Waals surface area (Å²) in [6.07, 6.45) is -3.36. The van der Waals surface area contributed by atoms with E-state index in [-0.39, 0.29) is 30.9 Å². The molecule has 0 saturated carbocycles. The van der Waals surface area contributed by atoms with Gasteiger partial charge in [0.2, 0.25) is 0 Å². The minimum Gasteiger partial charge on any atom is -0.445 e. The van der Waals surface area contributed by atoms with Crippen molar-refractivity contribution in [2.24, 2.45) is 0 Å². The summed E-state index contributed by atoms with van der Waals surface area (Å²) in [7, 11) is 0. The molecule has 150 valence electrons. The van der Waals surface area contributed by atoms with E-state index in [0.717, 1.165) is 11.6 Å². The molecular formula is C21H23F3N2O2. The van der Waals surface area contributed by atoms with Gasteiger partial charge in [0.15, 0.2) is 0 Å². The average Bonchev–Trinajstić information content (AvgIpc) is 2.71. The highest BCUT2D eigenvalue weighted by molar-refractivity contribution is 5.67. The molecular weight excluding hydrogens is 369 g/mol. The Hall–Kier alpha value is -2.54. The van der Waals surface area contributed by atoms with Gasteiger partial charge in [0, 0.05) is 25.7 Å². The Morgan fingerprint density at radius 1 is 1.04 bits per heavy atom. The van der Waals surface area contributed by atoms with Gasteiger partial charge in [-0.2, -0.15) is 13.2 Å². The van der Waals surface area contributed by atoms with Crippen molar-refractivity contribution in [2.75, 3.05) is 13.1 Å². The molecule has 1 amide bonds. The topological polar surface area (TPSA) is 41.6 Å². The summed E-state index contributed by atoms with van der Waals surface area (Å²) in [5.74, 6) is 0. The Bertz CT molecular complexity index is 773. The third-order valence-corrected chi connectivity index (χ3v) is 4.86. The third-order valence-electron chi connectivity index (χ3n) is 4.86. The van der Waals surface area contributed by atoms with Crippen LogP contribution in [0.25, 0.3) is 0 Å². The molecule has 1 aliphatic heterocycles. The van der Waals surface area contributed by atoms with Crippen molar-refractivity contribution in [3.8, 4) is 0 Å². The lowest BCUT2D eigenvalue weighted by atomic mass is 10.0. The number of ether oxygens (including phenoxy) is 1. The lowest BCUT2D eigenvalue weighted by Gasteiger charge is -2.32. The van der Waals surface area contributed by atoms with E-state index in [1.165, 1.54) is 12.1 Å². The number of benzene rings is 2. The standard InChI is InChI=1S/C21H23F3N2O2/c22-21(23,24)19-9-5-4-8-17(19)14-25-18-10-12-26(13-11-18)20(27)28-15-16-6-2-1-3-7-16/h1-9,18,25H,10-15H2. The molecule has 0 radical (unpaired) electrons. The van der Waals surface area contributed by atoms with Crippen molar-refractivity contribution < 1.29 is 22.7 Å². The second-order valence-corrected chi connectivity index (χ2v) is 6.84. The van der Waals surface area contributed by atoms with Crippen molar-refractivity contribution >= 4 is 6.09 Å². The van der Waals surface area contributed by atoms with Crippen molar-refractivity contribution in [2.45, 2.75) is 38.2 Å². The first kappa shape index (κ1) is 20.2. The average molecular weight is 392 g/mol. The minimum absolute atomic E-state index is 0.0689. The number of likely N-dealkylation sites (tertiary alicyclic amines) is 1. The number of nitrogens with zero attached hydrogens (tertiary/aromatic N) is 1. The van der Waals surface area contributed by atoms with E-state index >= 15 is 0 Å². The Balaban J connectivity index is 1.44. The molecule has 0 aliphatic carbocycles. The fourth-order valence-electron chi connectivity index (χ4n) is 3.28. The fourth-order valence-corrected chi connectivity index (χ4v) is 3.28. The molecule has 1 N–H and O–H groups in total. The van der Waals surface area contributed by atoms with Gasteiger partial charge in [-0.1, -0.05) is 48.5 Å². The highest BCUT2D eigenvalue weighted by Crippen LogP contribution is 2.31. The predicted octanol–water partition coefficient (Wildman–Crippen LogP) is 4.60. The predicted molar refractivity (Wildman–Crippen MR) is 99.5 cm³/mol. The van der Waals surface area contributed by atoms with Gasteiger partial charge in [-0.3, -0.25) is 0 Å². The SMILES string of the molecule is O=C(OCc1ccccc1)N1CCC(NCc2ccccc2C(F)(F)F)CC1. The first-order valence-corrected chi connectivity index (χ1v) is 9.27. The Morgan fingerprint density at radius 2 is 1.68 bits per heavy atom. The maximum atomic E-state index is 13.1. The maximum Gasteiger partial charge on any atom is 0.416 e. The van der Waals surface area contributed by atoms with Crippen molar-refractivity contribution in [3.63, 3.8) is 0 Å². The number of piperidine rings is 1. The zero-order valence-electron chi connectivity index (χ0n) is 15.4. The molecule has 2 aromatic carbocycles. The van der Waals surface area contributed by atoms with E-state index in [0.29, 0.717) is 25.9 Å². The van der Waals surface area contributed by atoms with E-state index in [4.69, 9.17) is 4.74 Å². The second kappa shape index (κ2) is 9.10. The summed E-state index contributed by atoms with van der Waals surface area (Å²) < 4.78 is 44.5. The monoisotopic (exact) mass is 392 g/mol. The molecule has 0 aromatic heterocycles. The summed E-state index contributed by atoms with van der Waals surface area (Å²) in [5, 5.41) is 3.19. The minimum atomic E-state index is -4.36. The summed E-state index contributed by atoms with van der Waals surface area (Å²) in [6, 6.07) is 15.1. The van der Waals surface area contributed by atoms with Gasteiger partial charge >= 0.3 is 12.3 Å². The number of halogens is 3. The fraction of sp³-hybridized carbons (Fsp3) is 0.381. The summed E-state index contributed by atoms with van der Waals surface area (Å²) in [6.45, 7) is 1.42. The molecule has 0 unspecified atom stereocenters. The maximum absolute atomic E-state index is 13.1. The van der Waals surface area contributed by atoms with Crippen LogP contribution in [0.2, 0.25) is 0 Å². The van der Waals surface area contributed by atoms with E-state index in [2.05, 4.69) is 5.32 Å². The van der Waals surface area contributed by atoms with Crippen LogP contribution in [-0.2, 0) is 24.1 Å². The molecule has 1 heterocycles. The number of hydrogen-bond acceptors (Lipinski definition) is 3. The van der Waals surface area contributed by atoms with Crippen LogP contribution < -0.4 is 5.32 Å². The van der Waals surface area contributed by atoms with Crippen molar-refractivity contribution in [1.29, 1.82) is 0 Å². The Morgan fingerprint density at radius 3 is 2.36 bits per heavy atom. The number of rotatable bonds is 5. The van der Waals surface area contributed by atoms with Gasteiger partial charge in [0.1, 0.15) is 6.61 Å². The van der Waals surface area contributed by atoms with Gasteiger partial charge in [0.05, 0.1) is 5.56 Å². The molecule has 3 rings (SSSR count). The Labute approximate surface area is 162 Å². The number of nitrogens with one attached hydrogen (secondary N) is 1. The number of amides is 1. The molecule has 2 aromatic rings. The largest absolute Gasteiger partial charge is 0.445 e. The molecule has 7 heteroatoms. The van der Waals surface area contributed by atoms with E-state index in [1.807, 2.05) is 30.3 Å². The van der Waals surface area contributed by atoms with E-state index in [9.17, 15) is 18.0 Å². The van der Waals surface area contributed by atoms with E-state index < -0.39 is 11.7 Å². The molecule has 4 nitrogen and oxygen atoms in total. The van der Waals surface area contributed by atoms with Crippen LogP contribution in [0, 0.1) is 0 Å². The van der Waals surface area contributed by atoms with Gasteiger partial charge in [-0.15, -0.1) is 0 Å². The molecule has 28 heavy (non-hydrogen) atoms. The quantitative estimate of drug-likeness (QED) is 0.809. The number of carbonyl (C=O) groups excluding carboxylic acids is 1. The zero-order chi connectivity index (χ0) is 20.0. The lowest BCUT2D eigenvalue weighted by Crippen LogP contribution is -2.45. The van der Waals surface area contributed by atoms with Gasteiger partial charge in [-0.25, -0.2) is 4.79 Å². The number of alkyl halides is 3. The molecule has 0 atom stereocenters. The van der Waals surface area contributed by atoms with Crippen LogP contribution in [0.4, 0.5) is 18.0 Å². The van der Waals surface area contributed by atoms with Gasteiger partial charge in [-0.05, 0) is 30.0 Å². The first-order chi connectivity index (χ1) is 13.4. The smallest absolute Gasteiger partial charge is 0.416 e. The highest BCUT2D eigenvalue weighted by atomic mass is 19.4. The number of carbonyl (C=O) groups is 1. The summed E-state index contributed by atoms with van der Waals surface area (Å²) in [5.41, 5.74) is 0.555. The van der Waals surface area contributed by atoms with Gasteiger partial charge in [0.25, 0.3) is 0 Å². The van der Waals surface area contributed by atoms with Crippen LogP contribution in [0.3, 0.4) is 0 Å². The first-order valence-electron chi connectivity index (χ1n) is 9.27. The van der Waals surface area contributed by atoms with Crippen LogP contribution >= 0.6 is 0 Å². The van der Waals surface area contributed by atoms with Crippen LogP contribution in [0.5, 0.6) is 0 Å². The molecule has 0 bridgehead atoms. The van der Waals surface area contributed by atoms with Crippen molar-refractivity contribution in [1.82, 2.24) is 10.2 Å².